The van der Waals surface area contributed by atoms with Gasteiger partial charge in [-0.1, -0.05) is 6.07 Å². The van der Waals surface area contributed by atoms with Crippen molar-refractivity contribution >= 4 is 38.2 Å². The third-order valence-electron chi connectivity index (χ3n) is 6.92. The molecule has 0 saturated carbocycles. The van der Waals surface area contributed by atoms with Gasteiger partial charge >= 0.3 is 0 Å². The standard InChI is InChI=1S/C28H27N5O5S/c1-17-3-5-24-25(9-17)38-8-7-33(24)27-6-4-19-12-29-21(11-22(19)32-27)14-31-28(34)20-10-26-23(30-13-20)16-37-15-18(2)39(26,35)36/h3-6,9-13,18H,7-8,14-16H2,1-2H3,(H,31,34)/t18-/m0/s1. The van der Waals surface area contributed by atoms with E-state index in [9.17, 15) is 13.2 Å². The fourth-order valence-corrected chi connectivity index (χ4v) is 6.15. The van der Waals surface area contributed by atoms with Crippen molar-refractivity contribution in [3.63, 3.8) is 0 Å². The van der Waals surface area contributed by atoms with Crippen LogP contribution in [0.3, 0.4) is 0 Å². The summed E-state index contributed by atoms with van der Waals surface area (Å²) >= 11 is 0. The average molecular weight is 546 g/mol. The fraction of sp³-hybridized carbons (Fsp3) is 0.286. The molecular weight excluding hydrogens is 518 g/mol. The maximum absolute atomic E-state index is 12.9. The molecule has 200 valence electrons. The van der Waals surface area contributed by atoms with Gasteiger partial charge in [-0.3, -0.25) is 14.8 Å². The molecule has 4 aromatic rings. The number of amides is 1. The first-order chi connectivity index (χ1) is 18.8. The first kappa shape index (κ1) is 25.2. The molecule has 10 nitrogen and oxygen atoms in total. The van der Waals surface area contributed by atoms with Crippen molar-refractivity contribution in [2.24, 2.45) is 0 Å². The molecule has 11 heteroatoms. The first-order valence-corrected chi connectivity index (χ1v) is 14.2. The van der Waals surface area contributed by atoms with Crippen molar-refractivity contribution in [2.45, 2.75) is 37.1 Å². The van der Waals surface area contributed by atoms with Gasteiger partial charge in [0.05, 0.1) is 64.6 Å². The highest BCUT2D eigenvalue weighted by atomic mass is 32.2. The number of nitrogens with zero attached hydrogens (tertiary/aromatic N) is 4. The second-order valence-corrected chi connectivity index (χ2v) is 12.1. The van der Waals surface area contributed by atoms with Crippen LogP contribution in [0.4, 0.5) is 11.5 Å². The van der Waals surface area contributed by atoms with Crippen LogP contribution < -0.4 is 15.0 Å². The predicted octanol–water partition coefficient (Wildman–Crippen LogP) is 3.49. The summed E-state index contributed by atoms with van der Waals surface area (Å²) in [6.45, 7) is 5.18. The molecule has 5 heterocycles. The molecule has 2 aliphatic heterocycles. The third-order valence-corrected chi connectivity index (χ3v) is 9.08. The number of pyridine rings is 3. The van der Waals surface area contributed by atoms with E-state index in [-0.39, 0.29) is 30.2 Å². The monoisotopic (exact) mass is 545 g/mol. The maximum atomic E-state index is 12.9. The van der Waals surface area contributed by atoms with Gasteiger partial charge in [-0.25, -0.2) is 13.4 Å². The Balaban J connectivity index is 1.22. The van der Waals surface area contributed by atoms with Crippen molar-refractivity contribution < 1.29 is 22.7 Å². The number of anilines is 2. The van der Waals surface area contributed by atoms with E-state index in [1.807, 2.05) is 37.3 Å². The molecule has 0 radical (unpaired) electrons. The SMILES string of the molecule is Cc1ccc2c(c1)OCCN2c1ccc2cnc(CNC(=O)c3cnc4c(c3)S(=O)(=O)[C@@H](C)COC4)cc2n1. The van der Waals surface area contributed by atoms with E-state index in [0.717, 1.165) is 33.7 Å². The van der Waals surface area contributed by atoms with Crippen LogP contribution in [0.15, 0.2) is 59.8 Å². The van der Waals surface area contributed by atoms with E-state index in [1.54, 1.807) is 13.1 Å². The molecule has 1 amide bonds. The molecular formula is C28H27N5O5S. The van der Waals surface area contributed by atoms with Crippen molar-refractivity contribution in [1.29, 1.82) is 0 Å². The number of sulfone groups is 1. The molecule has 1 N–H and O–H groups in total. The fourth-order valence-electron chi connectivity index (χ4n) is 4.71. The lowest BCUT2D eigenvalue weighted by atomic mass is 10.1. The summed E-state index contributed by atoms with van der Waals surface area (Å²) in [4.78, 5) is 28.6. The number of rotatable bonds is 4. The normalized spacial score (nSPS) is 18.0. The van der Waals surface area contributed by atoms with Crippen LogP contribution in [0, 0.1) is 6.92 Å². The Bertz CT molecular complexity index is 1710. The number of hydrogen-bond donors (Lipinski definition) is 1. The summed E-state index contributed by atoms with van der Waals surface area (Å²) in [5.74, 6) is 1.19. The highest BCUT2D eigenvalue weighted by Gasteiger charge is 2.31. The summed E-state index contributed by atoms with van der Waals surface area (Å²) in [5, 5.41) is 2.98. The Morgan fingerprint density at radius 1 is 1.13 bits per heavy atom. The largest absolute Gasteiger partial charge is 0.490 e. The average Bonchev–Trinajstić information content (AvgIpc) is 3.05. The zero-order valence-electron chi connectivity index (χ0n) is 21.5. The van der Waals surface area contributed by atoms with Gasteiger partial charge in [0.1, 0.15) is 18.2 Å². The van der Waals surface area contributed by atoms with E-state index in [0.29, 0.717) is 24.5 Å². The van der Waals surface area contributed by atoms with Crippen molar-refractivity contribution in [3.05, 3.63) is 77.4 Å². The second kappa shape index (κ2) is 9.90. The Morgan fingerprint density at radius 3 is 2.87 bits per heavy atom. The highest BCUT2D eigenvalue weighted by molar-refractivity contribution is 7.92. The lowest BCUT2D eigenvalue weighted by molar-refractivity contribution is 0.0949. The quantitative estimate of drug-likeness (QED) is 0.410. The van der Waals surface area contributed by atoms with E-state index >= 15 is 0 Å². The topological polar surface area (TPSA) is 124 Å². The van der Waals surface area contributed by atoms with Crippen molar-refractivity contribution in [2.75, 3.05) is 24.7 Å². The Kier molecular flexibility index (Phi) is 6.40. The highest BCUT2D eigenvalue weighted by Crippen LogP contribution is 2.37. The minimum atomic E-state index is -3.64. The molecule has 0 aliphatic carbocycles. The van der Waals surface area contributed by atoms with Gasteiger partial charge in [0.15, 0.2) is 9.84 Å². The number of ether oxygens (including phenoxy) is 2. The summed E-state index contributed by atoms with van der Waals surface area (Å²) in [6, 6.07) is 13.3. The van der Waals surface area contributed by atoms with Gasteiger partial charge in [-0.05, 0) is 55.8 Å². The number of nitrogens with one attached hydrogen (secondary N) is 1. The zero-order chi connectivity index (χ0) is 27.1. The minimum absolute atomic E-state index is 0.0422. The predicted molar refractivity (Wildman–Crippen MR) is 145 cm³/mol. The molecule has 3 aromatic heterocycles. The number of aryl methyl sites for hydroxylation is 1. The van der Waals surface area contributed by atoms with Gasteiger partial charge < -0.3 is 19.7 Å². The van der Waals surface area contributed by atoms with Crippen LogP contribution in [0.5, 0.6) is 5.75 Å². The maximum Gasteiger partial charge on any atom is 0.253 e. The van der Waals surface area contributed by atoms with Crippen LogP contribution >= 0.6 is 0 Å². The number of benzene rings is 1. The molecule has 0 saturated heterocycles. The second-order valence-electron chi connectivity index (χ2n) is 9.73. The molecule has 1 atom stereocenters. The summed E-state index contributed by atoms with van der Waals surface area (Å²) in [7, 11) is -3.64. The molecule has 1 aromatic carbocycles. The van der Waals surface area contributed by atoms with E-state index in [4.69, 9.17) is 14.5 Å². The lowest BCUT2D eigenvalue weighted by Crippen LogP contribution is -2.29. The summed E-state index contributed by atoms with van der Waals surface area (Å²) < 4.78 is 37.0. The first-order valence-electron chi connectivity index (χ1n) is 12.6. The Labute approximate surface area is 225 Å². The lowest BCUT2D eigenvalue weighted by Gasteiger charge is -2.30. The van der Waals surface area contributed by atoms with E-state index in [2.05, 4.69) is 26.3 Å². The Hall–Kier alpha value is -4.09. The smallest absolute Gasteiger partial charge is 0.253 e. The van der Waals surface area contributed by atoms with Gasteiger partial charge in [0.2, 0.25) is 0 Å². The minimum Gasteiger partial charge on any atom is -0.490 e. The summed E-state index contributed by atoms with van der Waals surface area (Å²) in [6.07, 6.45) is 3.09. The summed E-state index contributed by atoms with van der Waals surface area (Å²) in [5.41, 5.74) is 3.94. The van der Waals surface area contributed by atoms with Crippen LogP contribution in [0.25, 0.3) is 10.9 Å². The van der Waals surface area contributed by atoms with Crippen LogP contribution in [-0.2, 0) is 27.7 Å². The van der Waals surface area contributed by atoms with Crippen molar-refractivity contribution in [1.82, 2.24) is 20.3 Å². The van der Waals surface area contributed by atoms with Crippen LogP contribution in [0.1, 0.15) is 34.2 Å². The number of aromatic nitrogens is 3. The molecule has 2 aliphatic rings. The van der Waals surface area contributed by atoms with Crippen LogP contribution in [-0.4, -0.2) is 54.3 Å². The molecule has 0 spiro atoms. The molecule has 0 bridgehead atoms. The number of hydrogen-bond acceptors (Lipinski definition) is 9. The molecule has 6 rings (SSSR count). The zero-order valence-corrected chi connectivity index (χ0v) is 22.4. The number of carbonyl (C=O) groups is 1. The molecule has 0 unspecified atom stereocenters. The van der Waals surface area contributed by atoms with Gasteiger partial charge in [-0.2, -0.15) is 0 Å². The van der Waals surface area contributed by atoms with Crippen molar-refractivity contribution in [3.8, 4) is 5.75 Å². The van der Waals surface area contributed by atoms with Gasteiger partial charge in [0, 0.05) is 17.8 Å². The molecule has 0 fully saturated rings. The van der Waals surface area contributed by atoms with E-state index in [1.165, 1.54) is 12.3 Å². The van der Waals surface area contributed by atoms with Gasteiger partial charge in [0.25, 0.3) is 5.91 Å². The van der Waals surface area contributed by atoms with E-state index < -0.39 is 21.0 Å². The van der Waals surface area contributed by atoms with Crippen LogP contribution in [0.2, 0.25) is 0 Å². The Morgan fingerprint density at radius 2 is 2.00 bits per heavy atom. The number of fused-ring (bicyclic) bond motifs is 3. The molecule has 39 heavy (non-hydrogen) atoms. The van der Waals surface area contributed by atoms with Gasteiger partial charge in [-0.15, -0.1) is 0 Å². The number of carbonyl (C=O) groups excluding carboxylic acids is 1. The third kappa shape index (κ3) is 4.79.